The third kappa shape index (κ3) is 1.45. The lowest BCUT2D eigenvalue weighted by molar-refractivity contribution is -0.143. The lowest BCUT2D eigenvalue weighted by atomic mass is 9.72. The van der Waals surface area contributed by atoms with Crippen molar-refractivity contribution in [3.8, 4) is 5.75 Å². The number of rotatable bonds is 2. The first-order valence-electron chi connectivity index (χ1n) is 6.07. The van der Waals surface area contributed by atoms with Gasteiger partial charge in [0.2, 0.25) is 0 Å². The lowest BCUT2D eigenvalue weighted by Gasteiger charge is -2.31. The highest BCUT2D eigenvalue weighted by Gasteiger charge is 2.56. The summed E-state index contributed by atoms with van der Waals surface area (Å²) < 4.78 is 5.25. The number of aliphatic carboxylic acids is 1. The number of carbonyl (C=O) groups is 1. The Bertz CT molecular complexity index is 474. The van der Waals surface area contributed by atoms with Crippen LogP contribution in [0.3, 0.4) is 0 Å². The van der Waals surface area contributed by atoms with E-state index in [1.807, 2.05) is 12.1 Å². The Hall–Kier alpha value is -1.51. The van der Waals surface area contributed by atoms with E-state index in [2.05, 4.69) is 6.07 Å². The van der Waals surface area contributed by atoms with Gasteiger partial charge in [0.25, 0.3) is 0 Å². The van der Waals surface area contributed by atoms with Gasteiger partial charge >= 0.3 is 5.97 Å². The number of benzene rings is 1. The van der Waals surface area contributed by atoms with Gasteiger partial charge in [0, 0.05) is 5.41 Å². The summed E-state index contributed by atoms with van der Waals surface area (Å²) >= 11 is 0. The monoisotopic (exact) mass is 232 g/mol. The van der Waals surface area contributed by atoms with Crippen molar-refractivity contribution in [1.82, 2.24) is 0 Å². The van der Waals surface area contributed by atoms with Gasteiger partial charge in [-0.3, -0.25) is 4.79 Å². The third-order valence-electron chi connectivity index (χ3n) is 4.31. The van der Waals surface area contributed by atoms with Crippen LogP contribution in [0, 0.1) is 5.92 Å². The molecule has 1 N–H and O–H groups in total. The third-order valence-corrected chi connectivity index (χ3v) is 4.31. The van der Waals surface area contributed by atoms with E-state index in [9.17, 15) is 9.90 Å². The number of aryl methyl sites for hydroxylation is 1. The average Bonchev–Trinajstić information content (AvgIpc) is 3.10. The predicted molar refractivity (Wildman–Crippen MR) is 63.4 cm³/mol. The van der Waals surface area contributed by atoms with Gasteiger partial charge < -0.3 is 9.84 Å². The second kappa shape index (κ2) is 3.49. The van der Waals surface area contributed by atoms with Crippen molar-refractivity contribution in [2.45, 2.75) is 31.1 Å². The van der Waals surface area contributed by atoms with Gasteiger partial charge in [-0.15, -0.1) is 0 Å². The summed E-state index contributed by atoms with van der Waals surface area (Å²) in [5, 5.41) is 9.33. The van der Waals surface area contributed by atoms with Crippen LogP contribution in [-0.4, -0.2) is 18.2 Å². The zero-order valence-corrected chi connectivity index (χ0v) is 9.90. The van der Waals surface area contributed by atoms with Crippen LogP contribution in [0.2, 0.25) is 0 Å². The zero-order valence-electron chi connectivity index (χ0n) is 9.90. The van der Waals surface area contributed by atoms with Crippen LogP contribution in [0.1, 0.15) is 30.4 Å². The molecular formula is C14H16O3. The van der Waals surface area contributed by atoms with Crippen molar-refractivity contribution in [3.05, 3.63) is 29.3 Å². The number of hydrogen-bond donors (Lipinski definition) is 1. The Kier molecular flexibility index (Phi) is 2.18. The molecule has 17 heavy (non-hydrogen) atoms. The molecule has 3 heteroatoms. The van der Waals surface area contributed by atoms with Crippen LogP contribution in [0.15, 0.2) is 18.2 Å². The van der Waals surface area contributed by atoms with E-state index >= 15 is 0 Å². The molecule has 3 rings (SSSR count). The molecule has 3 nitrogen and oxygen atoms in total. The van der Waals surface area contributed by atoms with Gasteiger partial charge in [0.1, 0.15) is 5.75 Å². The van der Waals surface area contributed by atoms with Crippen LogP contribution < -0.4 is 4.74 Å². The number of fused-ring (bicyclic) bond motifs is 2. The minimum absolute atomic E-state index is 0.0893. The fourth-order valence-electron chi connectivity index (χ4n) is 3.24. The molecule has 2 aliphatic rings. The van der Waals surface area contributed by atoms with E-state index in [1.54, 1.807) is 7.11 Å². The van der Waals surface area contributed by atoms with Crippen LogP contribution in [0.5, 0.6) is 5.75 Å². The van der Waals surface area contributed by atoms with Crippen LogP contribution in [-0.2, 0) is 16.6 Å². The standard InChI is InChI=1S/C14H16O3/c1-17-10-4-2-9-3-5-11(13(15)16)14(6-7-14)12(9)8-10/h2,4,8,11H,3,5-7H2,1H3,(H,15,16). The van der Waals surface area contributed by atoms with Gasteiger partial charge in [-0.1, -0.05) is 6.07 Å². The van der Waals surface area contributed by atoms with E-state index in [1.165, 1.54) is 11.1 Å². The summed E-state index contributed by atoms with van der Waals surface area (Å²) in [5.74, 6) is -0.0147. The van der Waals surface area contributed by atoms with E-state index in [4.69, 9.17) is 4.74 Å². The summed E-state index contributed by atoms with van der Waals surface area (Å²) in [7, 11) is 1.65. The maximum Gasteiger partial charge on any atom is 0.307 e. The minimum atomic E-state index is -0.643. The van der Waals surface area contributed by atoms with Crippen molar-refractivity contribution in [3.63, 3.8) is 0 Å². The van der Waals surface area contributed by atoms with Crippen molar-refractivity contribution < 1.29 is 14.6 Å². The fourth-order valence-corrected chi connectivity index (χ4v) is 3.24. The lowest BCUT2D eigenvalue weighted by Crippen LogP contribution is -2.33. The molecule has 90 valence electrons. The Labute approximate surface area is 100 Å². The molecule has 1 aromatic rings. The second-order valence-corrected chi connectivity index (χ2v) is 5.11. The topological polar surface area (TPSA) is 46.5 Å². The van der Waals surface area contributed by atoms with Gasteiger partial charge in [0.15, 0.2) is 0 Å². The maximum atomic E-state index is 11.3. The summed E-state index contributed by atoms with van der Waals surface area (Å²) in [6.07, 6.45) is 3.65. The minimum Gasteiger partial charge on any atom is -0.497 e. The molecule has 0 radical (unpaired) electrons. The van der Waals surface area contributed by atoms with Crippen molar-refractivity contribution in [2.24, 2.45) is 5.92 Å². The summed E-state index contributed by atoms with van der Waals surface area (Å²) in [6.45, 7) is 0. The first kappa shape index (κ1) is 10.6. The van der Waals surface area contributed by atoms with Gasteiger partial charge in [-0.25, -0.2) is 0 Å². The molecule has 1 unspecified atom stereocenters. The Morgan fingerprint density at radius 3 is 2.82 bits per heavy atom. The molecule has 1 fully saturated rings. The molecular weight excluding hydrogens is 216 g/mol. The SMILES string of the molecule is COc1ccc2c(c1)C1(CC1)C(C(=O)O)CC2. The molecule has 1 saturated carbocycles. The molecule has 0 bridgehead atoms. The first-order chi connectivity index (χ1) is 8.17. The largest absolute Gasteiger partial charge is 0.497 e. The number of hydrogen-bond acceptors (Lipinski definition) is 2. The average molecular weight is 232 g/mol. The van der Waals surface area contributed by atoms with Gasteiger partial charge in [0.05, 0.1) is 13.0 Å². The number of carboxylic acids is 1. The molecule has 0 heterocycles. The zero-order chi connectivity index (χ0) is 12.0. The van der Waals surface area contributed by atoms with E-state index in [0.717, 1.165) is 31.4 Å². The van der Waals surface area contributed by atoms with Crippen LogP contribution >= 0.6 is 0 Å². The first-order valence-corrected chi connectivity index (χ1v) is 6.07. The normalized spacial score (nSPS) is 24.2. The summed E-state index contributed by atoms with van der Waals surface area (Å²) in [6, 6.07) is 6.10. The Morgan fingerprint density at radius 2 is 2.24 bits per heavy atom. The van der Waals surface area contributed by atoms with Gasteiger partial charge in [-0.2, -0.15) is 0 Å². The van der Waals surface area contributed by atoms with E-state index < -0.39 is 5.97 Å². The summed E-state index contributed by atoms with van der Waals surface area (Å²) in [4.78, 5) is 11.3. The van der Waals surface area contributed by atoms with E-state index in [0.29, 0.717) is 0 Å². The molecule has 0 saturated heterocycles. The Balaban J connectivity index is 2.08. The quantitative estimate of drug-likeness (QED) is 0.851. The van der Waals surface area contributed by atoms with Crippen molar-refractivity contribution in [1.29, 1.82) is 0 Å². The summed E-state index contributed by atoms with van der Waals surface area (Å²) in [5.41, 5.74) is 2.44. The number of ether oxygens (including phenoxy) is 1. The van der Waals surface area contributed by atoms with Crippen LogP contribution in [0.4, 0.5) is 0 Å². The van der Waals surface area contributed by atoms with Crippen molar-refractivity contribution >= 4 is 5.97 Å². The molecule has 1 spiro atoms. The molecule has 2 aliphatic carbocycles. The number of carboxylic acid groups (broad SMARTS) is 1. The maximum absolute atomic E-state index is 11.3. The second-order valence-electron chi connectivity index (χ2n) is 5.11. The molecule has 1 atom stereocenters. The molecule has 0 aliphatic heterocycles. The van der Waals surface area contributed by atoms with E-state index in [-0.39, 0.29) is 11.3 Å². The van der Waals surface area contributed by atoms with Gasteiger partial charge in [-0.05, 0) is 48.9 Å². The molecule has 0 amide bonds. The smallest absolute Gasteiger partial charge is 0.307 e. The fraction of sp³-hybridized carbons (Fsp3) is 0.500. The van der Waals surface area contributed by atoms with Crippen LogP contribution in [0.25, 0.3) is 0 Å². The predicted octanol–water partition coefficient (Wildman–Crippen LogP) is 2.37. The highest BCUT2D eigenvalue weighted by atomic mass is 16.5. The Morgan fingerprint density at radius 1 is 1.47 bits per heavy atom. The highest BCUT2D eigenvalue weighted by Crippen LogP contribution is 2.59. The van der Waals surface area contributed by atoms with Crippen molar-refractivity contribution in [2.75, 3.05) is 7.11 Å². The molecule has 0 aromatic heterocycles. The number of methoxy groups -OCH3 is 1. The highest BCUT2D eigenvalue weighted by molar-refractivity contribution is 5.74. The molecule has 1 aromatic carbocycles.